The third-order valence-corrected chi connectivity index (χ3v) is 5.33. The number of fused-ring (bicyclic) bond motifs is 1. The van der Waals surface area contributed by atoms with Crippen LogP contribution in [0.4, 0.5) is 18.9 Å². The second-order valence-electron chi connectivity index (χ2n) is 7.91. The molecule has 36 heavy (non-hydrogen) atoms. The third-order valence-electron chi connectivity index (χ3n) is 5.33. The molecule has 0 aliphatic carbocycles. The van der Waals surface area contributed by atoms with Crippen molar-refractivity contribution in [2.75, 3.05) is 19.0 Å². The number of hydrogen-bond acceptors (Lipinski definition) is 6. The van der Waals surface area contributed by atoms with Crippen LogP contribution in [0.25, 0.3) is 16.7 Å². The maximum atomic E-state index is 13.9. The monoisotopic (exact) mass is 498 g/mol. The van der Waals surface area contributed by atoms with Gasteiger partial charge in [-0.05, 0) is 38.1 Å². The van der Waals surface area contributed by atoms with E-state index in [0.29, 0.717) is 5.69 Å². The minimum Gasteiger partial charge on any atom is -0.467 e. The molecular weight excluding hydrogens is 477 g/mol. The Kier molecular flexibility index (Phi) is 6.65. The summed E-state index contributed by atoms with van der Waals surface area (Å²) >= 11 is 0. The zero-order valence-corrected chi connectivity index (χ0v) is 19.5. The van der Waals surface area contributed by atoms with Gasteiger partial charge in [0, 0.05) is 6.07 Å². The zero-order chi connectivity index (χ0) is 26.0. The van der Waals surface area contributed by atoms with Gasteiger partial charge in [-0.25, -0.2) is 9.48 Å². The lowest BCUT2D eigenvalue weighted by Crippen LogP contribution is -2.22. The molecule has 0 fully saturated rings. The molecule has 1 N–H and O–H groups in total. The van der Waals surface area contributed by atoms with Gasteiger partial charge in [-0.2, -0.15) is 23.3 Å². The summed E-state index contributed by atoms with van der Waals surface area (Å²) in [6, 6.07) is 13.9. The van der Waals surface area contributed by atoms with Gasteiger partial charge in [0.25, 0.3) is 5.91 Å². The zero-order valence-electron chi connectivity index (χ0n) is 19.5. The van der Waals surface area contributed by atoms with Crippen LogP contribution in [-0.2, 0) is 15.7 Å². The van der Waals surface area contributed by atoms with Crippen molar-refractivity contribution in [2.24, 2.45) is 0 Å². The number of carbonyl (C=O) groups excluding carboxylic acids is 2. The van der Waals surface area contributed by atoms with Gasteiger partial charge in [0.15, 0.2) is 12.3 Å². The van der Waals surface area contributed by atoms with E-state index in [-0.39, 0.29) is 28.0 Å². The van der Waals surface area contributed by atoms with Crippen LogP contribution in [0.1, 0.15) is 27.2 Å². The number of halogens is 3. The van der Waals surface area contributed by atoms with Gasteiger partial charge in [-0.3, -0.25) is 4.79 Å². The van der Waals surface area contributed by atoms with Crippen LogP contribution in [0.5, 0.6) is 5.88 Å². The number of alkyl halides is 3. The number of esters is 1. The summed E-state index contributed by atoms with van der Waals surface area (Å²) in [5.41, 5.74) is 0.894. The summed E-state index contributed by atoms with van der Waals surface area (Å²) < 4.78 is 53.2. The molecule has 0 bridgehead atoms. The minimum atomic E-state index is -4.72. The number of hydrogen-bond donors (Lipinski definition) is 1. The lowest BCUT2D eigenvalue weighted by atomic mass is 10.1. The Balaban J connectivity index is 1.66. The Morgan fingerprint density at radius 3 is 2.42 bits per heavy atom. The smallest absolute Gasteiger partial charge is 0.417 e. The molecule has 186 valence electrons. The van der Waals surface area contributed by atoms with Gasteiger partial charge in [0.05, 0.1) is 40.7 Å². The molecule has 1 amide bonds. The van der Waals surface area contributed by atoms with Crippen molar-refractivity contribution in [1.29, 1.82) is 0 Å². The van der Waals surface area contributed by atoms with E-state index in [1.165, 1.54) is 30.8 Å². The number of nitrogens with zero attached hydrogens (tertiary/aromatic N) is 3. The van der Waals surface area contributed by atoms with Gasteiger partial charge in [-0.1, -0.05) is 29.8 Å². The number of amides is 1. The molecule has 0 saturated carbocycles. The first kappa shape index (κ1) is 24.7. The average Bonchev–Trinajstić information content (AvgIpc) is 3.18. The molecule has 0 spiro atoms. The number of pyridine rings is 1. The maximum Gasteiger partial charge on any atom is 0.417 e. The molecule has 2 heterocycles. The highest BCUT2D eigenvalue weighted by molar-refractivity contribution is 6.01. The molecule has 4 aromatic rings. The Morgan fingerprint density at radius 2 is 1.75 bits per heavy atom. The SMILES string of the molecule is COC(=O)c1ccccc1NC(=O)COc1cc(C(F)(F)F)c2c(C)nn(-c3ccc(C)cc3)c2n1. The standard InChI is InChI=1S/C25H21F3N4O4/c1-14-8-10-16(11-9-14)32-23-22(15(2)31-32)18(25(26,27)28)12-21(30-23)36-13-20(33)29-19-7-5-4-6-17(19)24(34)35-3/h4-12H,13H2,1-3H3,(H,29,33). The van der Waals surface area contributed by atoms with Crippen molar-refractivity contribution in [2.45, 2.75) is 20.0 Å². The highest BCUT2D eigenvalue weighted by atomic mass is 19.4. The molecule has 8 nitrogen and oxygen atoms in total. The fourth-order valence-corrected chi connectivity index (χ4v) is 3.64. The van der Waals surface area contributed by atoms with Gasteiger partial charge in [-0.15, -0.1) is 0 Å². The first-order chi connectivity index (χ1) is 17.1. The molecule has 2 aromatic carbocycles. The van der Waals surface area contributed by atoms with Crippen molar-refractivity contribution in [3.63, 3.8) is 0 Å². The number of carbonyl (C=O) groups is 2. The lowest BCUT2D eigenvalue weighted by molar-refractivity contribution is -0.136. The third kappa shape index (κ3) is 4.99. The predicted molar refractivity (Wildman–Crippen MR) is 125 cm³/mol. The summed E-state index contributed by atoms with van der Waals surface area (Å²) in [7, 11) is 1.20. The molecule has 0 saturated heterocycles. The van der Waals surface area contributed by atoms with E-state index in [9.17, 15) is 22.8 Å². The van der Waals surface area contributed by atoms with Crippen LogP contribution in [-0.4, -0.2) is 40.4 Å². The van der Waals surface area contributed by atoms with E-state index in [1.54, 1.807) is 36.4 Å². The van der Waals surface area contributed by atoms with Crippen LogP contribution in [0.15, 0.2) is 54.6 Å². The van der Waals surface area contributed by atoms with Gasteiger partial charge < -0.3 is 14.8 Å². The normalized spacial score (nSPS) is 11.4. The van der Waals surface area contributed by atoms with E-state index in [4.69, 9.17) is 4.74 Å². The molecule has 0 aliphatic rings. The first-order valence-corrected chi connectivity index (χ1v) is 10.7. The number of rotatable bonds is 6. The first-order valence-electron chi connectivity index (χ1n) is 10.7. The molecule has 0 atom stereocenters. The van der Waals surface area contributed by atoms with Crippen molar-refractivity contribution in [1.82, 2.24) is 14.8 Å². The number of para-hydroxylation sites is 1. The van der Waals surface area contributed by atoms with E-state index in [1.807, 2.05) is 6.92 Å². The van der Waals surface area contributed by atoms with Crippen molar-refractivity contribution in [3.8, 4) is 11.6 Å². The Morgan fingerprint density at radius 1 is 1.06 bits per heavy atom. The Bertz CT molecular complexity index is 1450. The van der Waals surface area contributed by atoms with E-state index in [2.05, 4.69) is 20.1 Å². The van der Waals surface area contributed by atoms with Crippen molar-refractivity contribution in [3.05, 3.63) is 77.0 Å². The summed E-state index contributed by atoms with van der Waals surface area (Å²) in [5, 5.41) is 6.60. The quantitative estimate of drug-likeness (QED) is 0.382. The largest absolute Gasteiger partial charge is 0.467 e. The van der Waals surface area contributed by atoms with E-state index >= 15 is 0 Å². The number of ether oxygens (including phenoxy) is 2. The number of methoxy groups -OCH3 is 1. The maximum absolute atomic E-state index is 13.9. The van der Waals surface area contributed by atoms with Crippen LogP contribution < -0.4 is 10.1 Å². The van der Waals surface area contributed by atoms with Gasteiger partial charge >= 0.3 is 12.1 Å². The minimum absolute atomic E-state index is 0.0578. The lowest BCUT2D eigenvalue weighted by Gasteiger charge is -2.13. The van der Waals surface area contributed by atoms with Crippen molar-refractivity contribution < 1.29 is 32.2 Å². The topological polar surface area (TPSA) is 95.3 Å². The number of benzene rings is 2. The van der Waals surface area contributed by atoms with Crippen LogP contribution in [0.2, 0.25) is 0 Å². The predicted octanol–water partition coefficient (Wildman–Crippen LogP) is 4.86. The molecule has 0 aliphatic heterocycles. The highest BCUT2D eigenvalue weighted by Gasteiger charge is 2.36. The molecule has 2 aromatic heterocycles. The number of nitrogens with one attached hydrogen (secondary N) is 1. The molecule has 11 heteroatoms. The average molecular weight is 498 g/mol. The van der Waals surface area contributed by atoms with Crippen LogP contribution >= 0.6 is 0 Å². The molecule has 4 rings (SSSR count). The summed E-state index contributed by atoms with van der Waals surface area (Å²) in [4.78, 5) is 28.6. The van der Waals surface area contributed by atoms with E-state index < -0.39 is 36.1 Å². The summed E-state index contributed by atoms with van der Waals surface area (Å²) in [5.74, 6) is -1.77. The summed E-state index contributed by atoms with van der Waals surface area (Å²) in [6.45, 7) is 2.70. The fraction of sp³-hybridized carbons (Fsp3) is 0.200. The van der Waals surface area contributed by atoms with Crippen LogP contribution in [0.3, 0.4) is 0 Å². The molecular formula is C25H21F3N4O4. The van der Waals surface area contributed by atoms with E-state index in [0.717, 1.165) is 11.6 Å². The summed E-state index contributed by atoms with van der Waals surface area (Å²) in [6.07, 6.45) is -4.72. The number of aryl methyl sites for hydroxylation is 2. The number of aromatic nitrogens is 3. The molecule has 0 radical (unpaired) electrons. The second-order valence-corrected chi connectivity index (χ2v) is 7.91. The van der Waals surface area contributed by atoms with Crippen LogP contribution in [0, 0.1) is 13.8 Å². The molecule has 0 unspecified atom stereocenters. The van der Waals surface area contributed by atoms with Gasteiger partial charge in [0.2, 0.25) is 5.88 Å². The number of anilines is 1. The second kappa shape index (κ2) is 9.68. The Hall–Kier alpha value is -4.41. The highest BCUT2D eigenvalue weighted by Crippen LogP contribution is 2.38. The Labute approximate surface area is 203 Å². The van der Waals surface area contributed by atoms with Gasteiger partial charge in [0.1, 0.15) is 0 Å². The fourth-order valence-electron chi connectivity index (χ4n) is 3.64. The van der Waals surface area contributed by atoms with Crippen molar-refractivity contribution >= 4 is 28.6 Å².